The summed E-state index contributed by atoms with van der Waals surface area (Å²) in [5.74, 6) is 0. The zero-order valence-electron chi connectivity index (χ0n) is 13.0. The second-order valence-corrected chi connectivity index (χ2v) is 5.44. The van der Waals surface area contributed by atoms with Crippen molar-refractivity contribution in [1.82, 2.24) is 24.9 Å². The molecule has 3 aromatic rings. The molecule has 1 aromatic carbocycles. The molecule has 0 spiro atoms. The van der Waals surface area contributed by atoms with Gasteiger partial charge in [0.15, 0.2) is 5.69 Å². The van der Waals surface area contributed by atoms with Crippen LogP contribution in [0.3, 0.4) is 0 Å². The van der Waals surface area contributed by atoms with E-state index < -0.39 is 11.9 Å². The Hall–Kier alpha value is -2.61. The Kier molecular flexibility index (Phi) is 4.39. The predicted molar refractivity (Wildman–Crippen MR) is 82.3 cm³/mol. The summed E-state index contributed by atoms with van der Waals surface area (Å²) in [6, 6.07) is 8.17. The average Bonchev–Trinajstić information content (AvgIpc) is 3.17. The van der Waals surface area contributed by atoms with Crippen molar-refractivity contribution in [2.24, 2.45) is 7.05 Å². The van der Waals surface area contributed by atoms with Gasteiger partial charge >= 0.3 is 6.18 Å². The first-order chi connectivity index (χ1) is 11.4. The zero-order valence-corrected chi connectivity index (χ0v) is 13.0. The number of nitrogens with zero attached hydrogens (tertiary/aromatic N) is 4. The molecule has 2 aromatic heterocycles. The van der Waals surface area contributed by atoms with Crippen LogP contribution in [0.5, 0.6) is 0 Å². The molecule has 24 heavy (non-hydrogen) atoms. The van der Waals surface area contributed by atoms with Crippen LogP contribution in [0.25, 0.3) is 5.69 Å². The van der Waals surface area contributed by atoms with Crippen molar-refractivity contribution in [2.75, 3.05) is 0 Å². The third-order valence-corrected chi connectivity index (χ3v) is 3.50. The number of nitrogens with one attached hydrogen (secondary N) is 1. The molecule has 5 nitrogen and oxygen atoms in total. The molecule has 126 valence electrons. The number of aromatic nitrogens is 4. The molecule has 1 N–H and O–H groups in total. The minimum absolute atomic E-state index is 0.585. The van der Waals surface area contributed by atoms with Crippen molar-refractivity contribution in [3.8, 4) is 5.69 Å². The quantitative estimate of drug-likeness (QED) is 0.780. The van der Waals surface area contributed by atoms with Gasteiger partial charge in [-0.25, -0.2) is 4.68 Å². The van der Waals surface area contributed by atoms with E-state index in [1.807, 2.05) is 25.4 Å². The minimum atomic E-state index is -4.43. The Morgan fingerprint density at radius 3 is 2.33 bits per heavy atom. The highest BCUT2D eigenvalue weighted by atomic mass is 19.4. The van der Waals surface area contributed by atoms with Gasteiger partial charge < -0.3 is 5.32 Å². The summed E-state index contributed by atoms with van der Waals surface area (Å²) in [5.41, 5.74) is 1.81. The summed E-state index contributed by atoms with van der Waals surface area (Å²) in [6.45, 7) is 1.35. The SMILES string of the molecule is Cn1cc(CNCc2ccc(-n3ccc(C(F)(F)F)n3)cc2)cn1. The highest BCUT2D eigenvalue weighted by Gasteiger charge is 2.33. The van der Waals surface area contributed by atoms with E-state index >= 15 is 0 Å². The smallest absolute Gasteiger partial charge is 0.309 e. The molecular weight excluding hydrogens is 319 g/mol. The third-order valence-electron chi connectivity index (χ3n) is 3.50. The number of benzene rings is 1. The largest absolute Gasteiger partial charge is 0.435 e. The lowest BCUT2D eigenvalue weighted by Gasteiger charge is -2.06. The summed E-state index contributed by atoms with van der Waals surface area (Å²) in [5, 5.41) is 10.9. The van der Waals surface area contributed by atoms with Crippen LogP contribution in [0.4, 0.5) is 13.2 Å². The van der Waals surface area contributed by atoms with Gasteiger partial charge in [0.05, 0.1) is 11.9 Å². The van der Waals surface area contributed by atoms with E-state index in [2.05, 4.69) is 15.5 Å². The fourth-order valence-corrected chi connectivity index (χ4v) is 2.30. The van der Waals surface area contributed by atoms with Gasteiger partial charge in [-0.2, -0.15) is 23.4 Å². The molecular formula is C16H16F3N5. The molecule has 0 bridgehead atoms. The maximum absolute atomic E-state index is 12.6. The predicted octanol–water partition coefficient (Wildman–Crippen LogP) is 2.91. The number of rotatable bonds is 5. The lowest BCUT2D eigenvalue weighted by molar-refractivity contribution is -0.141. The summed E-state index contributed by atoms with van der Waals surface area (Å²) in [7, 11) is 1.86. The van der Waals surface area contributed by atoms with Crippen molar-refractivity contribution >= 4 is 0 Å². The van der Waals surface area contributed by atoms with Gasteiger partial charge in [-0.15, -0.1) is 0 Å². The van der Waals surface area contributed by atoms with Crippen LogP contribution in [0.2, 0.25) is 0 Å². The number of hydrogen-bond acceptors (Lipinski definition) is 3. The van der Waals surface area contributed by atoms with E-state index in [0.717, 1.165) is 17.2 Å². The molecule has 0 amide bonds. The van der Waals surface area contributed by atoms with E-state index in [1.165, 1.54) is 10.9 Å². The standard InChI is InChI=1S/C16H16F3N5/c1-23-11-13(10-21-23)9-20-8-12-2-4-14(5-3-12)24-7-6-15(22-24)16(17,18)19/h2-7,10-11,20H,8-9H2,1H3. The second kappa shape index (κ2) is 6.48. The topological polar surface area (TPSA) is 47.7 Å². The molecule has 0 saturated carbocycles. The van der Waals surface area contributed by atoms with Crippen molar-refractivity contribution in [2.45, 2.75) is 19.3 Å². The maximum atomic E-state index is 12.6. The lowest BCUT2D eigenvalue weighted by Crippen LogP contribution is -2.12. The summed E-state index contributed by atoms with van der Waals surface area (Å²) >= 11 is 0. The van der Waals surface area contributed by atoms with E-state index in [4.69, 9.17) is 0 Å². The maximum Gasteiger partial charge on any atom is 0.435 e. The molecule has 3 rings (SSSR count). The summed E-state index contributed by atoms with van der Waals surface area (Å²) < 4.78 is 40.7. The normalized spacial score (nSPS) is 11.8. The third kappa shape index (κ3) is 3.83. The number of alkyl halides is 3. The highest BCUT2D eigenvalue weighted by Crippen LogP contribution is 2.27. The van der Waals surface area contributed by atoms with E-state index in [0.29, 0.717) is 18.8 Å². The molecule has 2 heterocycles. The molecule has 0 radical (unpaired) electrons. The van der Waals surface area contributed by atoms with Gasteiger partial charge in [0.25, 0.3) is 0 Å². The van der Waals surface area contributed by atoms with Crippen LogP contribution in [0, 0.1) is 0 Å². The molecule has 0 atom stereocenters. The summed E-state index contributed by atoms with van der Waals surface area (Å²) in [6.07, 6.45) is 0.609. The van der Waals surface area contributed by atoms with Crippen molar-refractivity contribution in [3.63, 3.8) is 0 Å². The van der Waals surface area contributed by atoms with Gasteiger partial charge in [-0.1, -0.05) is 12.1 Å². The van der Waals surface area contributed by atoms with Crippen LogP contribution >= 0.6 is 0 Å². The zero-order chi connectivity index (χ0) is 17.2. The van der Waals surface area contributed by atoms with Gasteiger partial charge in [-0.05, 0) is 23.8 Å². The molecule has 0 aliphatic heterocycles. The molecule has 0 aliphatic carbocycles. The molecule has 0 saturated heterocycles. The lowest BCUT2D eigenvalue weighted by atomic mass is 10.2. The Balaban J connectivity index is 1.60. The Morgan fingerprint density at radius 2 is 1.75 bits per heavy atom. The average molecular weight is 335 g/mol. The first kappa shape index (κ1) is 16.3. The van der Waals surface area contributed by atoms with Crippen molar-refractivity contribution in [3.05, 3.63) is 65.7 Å². The molecule has 0 unspecified atom stereocenters. The Bertz CT molecular complexity index is 802. The van der Waals surface area contributed by atoms with E-state index in [-0.39, 0.29) is 0 Å². The fourth-order valence-electron chi connectivity index (χ4n) is 2.30. The minimum Gasteiger partial charge on any atom is -0.309 e. The fraction of sp³-hybridized carbons (Fsp3) is 0.250. The second-order valence-electron chi connectivity index (χ2n) is 5.44. The van der Waals surface area contributed by atoms with E-state index in [1.54, 1.807) is 23.0 Å². The monoisotopic (exact) mass is 335 g/mol. The molecule has 8 heteroatoms. The van der Waals surface area contributed by atoms with Gasteiger partial charge in [-0.3, -0.25) is 4.68 Å². The highest BCUT2D eigenvalue weighted by molar-refractivity contribution is 5.34. The molecule has 0 fully saturated rings. The van der Waals surface area contributed by atoms with Crippen LogP contribution in [-0.4, -0.2) is 19.6 Å². The van der Waals surface area contributed by atoms with Gasteiger partial charge in [0.2, 0.25) is 0 Å². The number of halogens is 3. The first-order valence-electron chi connectivity index (χ1n) is 7.32. The van der Waals surface area contributed by atoms with Crippen LogP contribution in [0.1, 0.15) is 16.8 Å². The Morgan fingerprint density at radius 1 is 1.04 bits per heavy atom. The van der Waals surface area contributed by atoms with Gasteiger partial charge in [0.1, 0.15) is 0 Å². The van der Waals surface area contributed by atoms with Crippen molar-refractivity contribution < 1.29 is 13.2 Å². The van der Waals surface area contributed by atoms with Gasteiger partial charge in [0, 0.05) is 38.1 Å². The first-order valence-corrected chi connectivity index (χ1v) is 7.32. The Labute approximate surface area is 136 Å². The van der Waals surface area contributed by atoms with Crippen molar-refractivity contribution in [1.29, 1.82) is 0 Å². The van der Waals surface area contributed by atoms with Crippen LogP contribution in [0.15, 0.2) is 48.9 Å². The number of hydrogen-bond donors (Lipinski definition) is 1. The van der Waals surface area contributed by atoms with Crippen LogP contribution < -0.4 is 5.32 Å². The molecule has 0 aliphatic rings. The van der Waals surface area contributed by atoms with Crippen LogP contribution in [-0.2, 0) is 26.3 Å². The van der Waals surface area contributed by atoms with E-state index in [9.17, 15) is 13.2 Å². The number of aryl methyl sites for hydroxylation is 1. The summed E-state index contributed by atoms with van der Waals surface area (Å²) in [4.78, 5) is 0.